The molecule has 0 bridgehead atoms. The molecule has 0 amide bonds. The van der Waals surface area contributed by atoms with Gasteiger partial charge in [0, 0.05) is 0 Å². The summed E-state index contributed by atoms with van der Waals surface area (Å²) in [5, 5.41) is 9.87. The SMILES string of the molecule is COc1c(Cl)cc(Cl)c(O)c1Br. The van der Waals surface area contributed by atoms with Crippen LogP contribution in [0.3, 0.4) is 0 Å². The highest BCUT2D eigenvalue weighted by molar-refractivity contribution is 9.10. The van der Waals surface area contributed by atoms with E-state index in [-0.39, 0.29) is 10.8 Å². The van der Waals surface area contributed by atoms with Gasteiger partial charge >= 0.3 is 0 Å². The van der Waals surface area contributed by atoms with Crippen molar-refractivity contribution < 1.29 is 9.84 Å². The fraction of sp³-hybridized carbons (Fsp3) is 0.143. The Morgan fingerprint density at radius 1 is 1.42 bits per heavy atom. The molecule has 66 valence electrons. The quantitative estimate of drug-likeness (QED) is 0.848. The van der Waals surface area contributed by atoms with Gasteiger partial charge in [-0.15, -0.1) is 0 Å². The summed E-state index contributed by atoms with van der Waals surface area (Å²) in [5.74, 6) is 0.302. The van der Waals surface area contributed by atoms with Gasteiger partial charge in [0.25, 0.3) is 0 Å². The number of rotatable bonds is 1. The van der Waals surface area contributed by atoms with Crippen LogP contribution in [-0.4, -0.2) is 12.2 Å². The molecular formula is C7H5BrCl2O2. The third-order valence-corrected chi connectivity index (χ3v) is 2.61. The standard InChI is InChI=1S/C7H5BrCl2O2/c1-12-7-4(10)2-3(9)6(11)5(7)8/h2,11H,1H3. The first-order chi connectivity index (χ1) is 5.57. The summed E-state index contributed by atoms with van der Waals surface area (Å²) in [6.07, 6.45) is 0. The van der Waals surface area contributed by atoms with Crippen LogP contribution in [0.15, 0.2) is 10.5 Å². The average molecular weight is 272 g/mol. The fourth-order valence-electron chi connectivity index (χ4n) is 0.749. The minimum atomic E-state index is -0.0714. The molecule has 1 aromatic rings. The van der Waals surface area contributed by atoms with E-state index in [1.165, 1.54) is 13.2 Å². The minimum absolute atomic E-state index is 0.0714. The lowest BCUT2D eigenvalue weighted by molar-refractivity contribution is 0.404. The maximum atomic E-state index is 9.33. The summed E-state index contributed by atoms with van der Waals surface area (Å²) in [5.41, 5.74) is 0. The Hall–Kier alpha value is -0.120. The van der Waals surface area contributed by atoms with Crippen LogP contribution in [0.5, 0.6) is 11.5 Å². The predicted octanol–water partition coefficient (Wildman–Crippen LogP) is 3.47. The molecule has 0 spiro atoms. The first kappa shape index (κ1) is 9.96. The lowest BCUT2D eigenvalue weighted by atomic mass is 10.3. The highest BCUT2D eigenvalue weighted by Gasteiger charge is 2.13. The van der Waals surface area contributed by atoms with Crippen LogP contribution in [0, 0.1) is 0 Å². The van der Waals surface area contributed by atoms with Crippen LogP contribution < -0.4 is 4.74 Å². The van der Waals surface area contributed by atoms with Crippen LogP contribution in [0.25, 0.3) is 0 Å². The highest BCUT2D eigenvalue weighted by atomic mass is 79.9. The molecule has 2 nitrogen and oxygen atoms in total. The molecule has 5 heteroatoms. The summed E-state index contributed by atoms with van der Waals surface area (Å²) in [7, 11) is 1.46. The van der Waals surface area contributed by atoms with Gasteiger partial charge in [-0.1, -0.05) is 23.2 Å². The number of methoxy groups -OCH3 is 1. The molecule has 0 heterocycles. The van der Waals surface area contributed by atoms with Gasteiger partial charge < -0.3 is 9.84 Å². The molecule has 0 radical (unpaired) electrons. The number of ether oxygens (including phenoxy) is 1. The Balaban J connectivity index is 3.40. The molecule has 0 aliphatic rings. The number of benzene rings is 1. The molecule has 0 atom stereocenters. The van der Waals surface area contributed by atoms with Gasteiger partial charge in [0.15, 0.2) is 11.5 Å². The van der Waals surface area contributed by atoms with Crippen molar-refractivity contribution in [2.75, 3.05) is 7.11 Å². The molecule has 1 aromatic carbocycles. The van der Waals surface area contributed by atoms with E-state index in [1.54, 1.807) is 0 Å². The second-order valence-electron chi connectivity index (χ2n) is 2.04. The normalized spacial score (nSPS) is 10.0. The Bertz CT molecular complexity index is 315. The first-order valence-electron chi connectivity index (χ1n) is 2.98. The van der Waals surface area contributed by atoms with Crippen LogP contribution in [0.2, 0.25) is 10.0 Å². The Morgan fingerprint density at radius 3 is 2.50 bits per heavy atom. The molecule has 0 saturated carbocycles. The van der Waals surface area contributed by atoms with E-state index in [9.17, 15) is 5.11 Å². The lowest BCUT2D eigenvalue weighted by Gasteiger charge is -2.07. The van der Waals surface area contributed by atoms with Gasteiger partial charge in [-0.25, -0.2) is 0 Å². The molecule has 1 rings (SSSR count). The topological polar surface area (TPSA) is 29.5 Å². The van der Waals surface area contributed by atoms with Crippen molar-refractivity contribution in [2.24, 2.45) is 0 Å². The number of halogens is 3. The van der Waals surface area contributed by atoms with Crippen LogP contribution in [0.4, 0.5) is 0 Å². The predicted molar refractivity (Wildman–Crippen MR) is 52.4 cm³/mol. The van der Waals surface area contributed by atoms with E-state index < -0.39 is 0 Å². The second-order valence-corrected chi connectivity index (χ2v) is 3.64. The van der Waals surface area contributed by atoms with Gasteiger partial charge in [0.05, 0.1) is 17.2 Å². The largest absolute Gasteiger partial charge is 0.505 e. The maximum Gasteiger partial charge on any atom is 0.155 e. The second kappa shape index (κ2) is 3.73. The van der Waals surface area contributed by atoms with Crippen LogP contribution >= 0.6 is 39.1 Å². The van der Waals surface area contributed by atoms with E-state index >= 15 is 0 Å². The Labute approximate surface area is 88.2 Å². The van der Waals surface area contributed by atoms with E-state index in [0.29, 0.717) is 15.2 Å². The minimum Gasteiger partial charge on any atom is -0.505 e. The molecule has 0 unspecified atom stereocenters. The van der Waals surface area contributed by atoms with Gasteiger partial charge in [-0.2, -0.15) is 0 Å². The lowest BCUT2D eigenvalue weighted by Crippen LogP contribution is -1.86. The maximum absolute atomic E-state index is 9.33. The van der Waals surface area contributed by atoms with Crippen molar-refractivity contribution in [3.05, 3.63) is 20.6 Å². The van der Waals surface area contributed by atoms with E-state index in [1.807, 2.05) is 0 Å². The van der Waals surface area contributed by atoms with Crippen LogP contribution in [0.1, 0.15) is 0 Å². The van der Waals surface area contributed by atoms with Crippen molar-refractivity contribution in [1.29, 1.82) is 0 Å². The van der Waals surface area contributed by atoms with Gasteiger partial charge in [-0.05, 0) is 22.0 Å². The van der Waals surface area contributed by atoms with E-state index in [2.05, 4.69) is 15.9 Å². The fourth-order valence-corrected chi connectivity index (χ4v) is 2.11. The van der Waals surface area contributed by atoms with Crippen molar-refractivity contribution in [3.8, 4) is 11.5 Å². The number of aromatic hydroxyl groups is 1. The average Bonchev–Trinajstić information content (AvgIpc) is 2.01. The van der Waals surface area contributed by atoms with Crippen molar-refractivity contribution in [2.45, 2.75) is 0 Å². The zero-order valence-corrected chi connectivity index (χ0v) is 9.16. The van der Waals surface area contributed by atoms with Crippen LogP contribution in [-0.2, 0) is 0 Å². The Kier molecular flexibility index (Phi) is 3.09. The highest BCUT2D eigenvalue weighted by Crippen LogP contribution is 2.43. The molecule has 0 saturated heterocycles. The molecule has 1 N–H and O–H groups in total. The van der Waals surface area contributed by atoms with Gasteiger partial charge in [-0.3, -0.25) is 0 Å². The Morgan fingerprint density at radius 2 is 2.00 bits per heavy atom. The molecule has 0 aromatic heterocycles. The van der Waals surface area contributed by atoms with Crippen molar-refractivity contribution in [3.63, 3.8) is 0 Å². The zero-order chi connectivity index (χ0) is 9.30. The van der Waals surface area contributed by atoms with E-state index in [4.69, 9.17) is 27.9 Å². The summed E-state index contributed by atoms with van der Waals surface area (Å²) in [4.78, 5) is 0. The first-order valence-corrected chi connectivity index (χ1v) is 4.53. The molecule has 0 aliphatic carbocycles. The summed E-state index contributed by atoms with van der Waals surface area (Å²) < 4.78 is 5.28. The van der Waals surface area contributed by atoms with Gasteiger partial charge in [0.2, 0.25) is 0 Å². The smallest absolute Gasteiger partial charge is 0.155 e. The number of hydrogen-bond acceptors (Lipinski definition) is 2. The summed E-state index contributed by atoms with van der Waals surface area (Å²) in [6, 6.07) is 1.42. The van der Waals surface area contributed by atoms with Crippen molar-refractivity contribution in [1.82, 2.24) is 0 Å². The van der Waals surface area contributed by atoms with E-state index in [0.717, 1.165) is 0 Å². The summed E-state index contributed by atoms with van der Waals surface area (Å²) in [6.45, 7) is 0. The van der Waals surface area contributed by atoms with Crippen molar-refractivity contribution >= 4 is 39.1 Å². The number of hydrogen-bond donors (Lipinski definition) is 1. The third-order valence-electron chi connectivity index (χ3n) is 1.31. The number of phenolic OH excluding ortho intramolecular Hbond substituents is 1. The molecule has 0 aliphatic heterocycles. The third kappa shape index (κ3) is 1.63. The monoisotopic (exact) mass is 270 g/mol. The van der Waals surface area contributed by atoms with Gasteiger partial charge in [0.1, 0.15) is 4.47 Å². The summed E-state index contributed by atoms with van der Waals surface area (Å²) >= 11 is 14.5. The zero-order valence-electron chi connectivity index (χ0n) is 6.07. The molecular weight excluding hydrogens is 267 g/mol. The molecule has 12 heavy (non-hydrogen) atoms. The molecule has 0 fully saturated rings. The number of phenols is 1.